The number of nitrogens with zero attached hydrogens (tertiary/aromatic N) is 2. The van der Waals surface area contributed by atoms with Gasteiger partial charge in [0, 0.05) is 12.6 Å². The number of unbranched alkanes of at least 4 members (excludes halogenated alkanes) is 1. The molecule has 2 N–H and O–H groups in total. The molecule has 0 radical (unpaired) electrons. The minimum absolute atomic E-state index is 0.643. The lowest BCUT2D eigenvalue weighted by Crippen LogP contribution is -2.37. The van der Waals surface area contributed by atoms with Gasteiger partial charge in [-0.05, 0) is 51.5 Å². The Labute approximate surface area is 119 Å². The summed E-state index contributed by atoms with van der Waals surface area (Å²) in [6.07, 6.45) is 8.57. The second kappa shape index (κ2) is 7.87. The van der Waals surface area contributed by atoms with Gasteiger partial charge < -0.3 is 10.6 Å². The number of hydrogen-bond acceptors (Lipinski definition) is 3. The van der Waals surface area contributed by atoms with Crippen molar-refractivity contribution in [1.29, 1.82) is 5.26 Å². The highest BCUT2D eigenvalue weighted by atomic mass is 15.2. The van der Waals surface area contributed by atoms with Crippen molar-refractivity contribution >= 4 is 0 Å². The zero-order valence-corrected chi connectivity index (χ0v) is 13.0. The summed E-state index contributed by atoms with van der Waals surface area (Å²) in [6.45, 7) is 8.81. The first-order valence-corrected chi connectivity index (χ1v) is 7.89. The average molecular weight is 265 g/mol. The molecule has 1 saturated carbocycles. The molecule has 1 atom stereocenters. The standard InChI is InChI=1S/C16H31N3/c1-14(2)12-19(15-8-4-5-9-15)11-7-6-10-16(3,18)13-17/h14-15H,4-12,18H2,1-3H3. The van der Waals surface area contributed by atoms with Crippen molar-refractivity contribution in [2.75, 3.05) is 13.1 Å². The lowest BCUT2D eigenvalue weighted by atomic mass is 9.98. The third-order valence-electron chi connectivity index (χ3n) is 4.09. The molecule has 0 aromatic heterocycles. The minimum Gasteiger partial charge on any atom is -0.314 e. The molecule has 1 aliphatic carbocycles. The Morgan fingerprint density at radius 3 is 2.47 bits per heavy atom. The molecule has 1 rings (SSSR count). The summed E-state index contributed by atoms with van der Waals surface area (Å²) in [7, 11) is 0. The smallest absolute Gasteiger partial charge is 0.101 e. The Kier molecular flexibility index (Phi) is 6.82. The van der Waals surface area contributed by atoms with E-state index >= 15 is 0 Å². The summed E-state index contributed by atoms with van der Waals surface area (Å²) in [6, 6.07) is 2.99. The highest BCUT2D eigenvalue weighted by Gasteiger charge is 2.23. The van der Waals surface area contributed by atoms with Crippen molar-refractivity contribution in [2.24, 2.45) is 11.7 Å². The third kappa shape index (κ3) is 6.40. The molecule has 1 aliphatic rings. The number of rotatable bonds is 8. The van der Waals surface area contributed by atoms with Crippen LogP contribution in [0.1, 0.15) is 65.7 Å². The van der Waals surface area contributed by atoms with Gasteiger partial charge in [0.15, 0.2) is 0 Å². The summed E-state index contributed by atoms with van der Waals surface area (Å²) in [5.74, 6) is 0.736. The minimum atomic E-state index is -0.643. The molecule has 0 bridgehead atoms. The van der Waals surface area contributed by atoms with Crippen molar-refractivity contribution < 1.29 is 0 Å². The molecule has 0 spiro atoms. The van der Waals surface area contributed by atoms with E-state index in [2.05, 4.69) is 24.8 Å². The van der Waals surface area contributed by atoms with Crippen LogP contribution in [0, 0.1) is 17.2 Å². The molecular weight excluding hydrogens is 234 g/mol. The van der Waals surface area contributed by atoms with Crippen LogP contribution in [0.5, 0.6) is 0 Å². The second-order valence-electron chi connectivity index (χ2n) is 6.81. The maximum Gasteiger partial charge on any atom is 0.101 e. The van der Waals surface area contributed by atoms with Crippen LogP contribution in [0.3, 0.4) is 0 Å². The van der Waals surface area contributed by atoms with Crippen molar-refractivity contribution in [3.05, 3.63) is 0 Å². The number of nitrogens with two attached hydrogens (primary N) is 1. The van der Waals surface area contributed by atoms with E-state index in [1.807, 2.05) is 6.92 Å². The van der Waals surface area contributed by atoms with E-state index in [0.29, 0.717) is 0 Å². The molecule has 1 unspecified atom stereocenters. The number of hydrogen-bond donors (Lipinski definition) is 1. The van der Waals surface area contributed by atoms with E-state index in [4.69, 9.17) is 11.0 Å². The van der Waals surface area contributed by atoms with Crippen LogP contribution < -0.4 is 5.73 Å². The van der Waals surface area contributed by atoms with Crippen LogP contribution in [0.4, 0.5) is 0 Å². The Hall–Kier alpha value is -0.590. The second-order valence-corrected chi connectivity index (χ2v) is 6.81. The molecule has 110 valence electrons. The van der Waals surface area contributed by atoms with Gasteiger partial charge in [0.05, 0.1) is 6.07 Å². The van der Waals surface area contributed by atoms with Gasteiger partial charge in [-0.25, -0.2) is 0 Å². The molecule has 0 aromatic rings. The van der Waals surface area contributed by atoms with Crippen LogP contribution in [0.25, 0.3) is 0 Å². The molecule has 0 heterocycles. The normalized spacial score (nSPS) is 19.8. The first kappa shape index (κ1) is 16.5. The monoisotopic (exact) mass is 265 g/mol. The van der Waals surface area contributed by atoms with Gasteiger partial charge in [0.25, 0.3) is 0 Å². The van der Waals surface area contributed by atoms with Crippen LogP contribution in [0.15, 0.2) is 0 Å². The maximum absolute atomic E-state index is 8.91. The van der Waals surface area contributed by atoms with Gasteiger partial charge in [-0.3, -0.25) is 0 Å². The van der Waals surface area contributed by atoms with Crippen LogP contribution >= 0.6 is 0 Å². The molecule has 3 heteroatoms. The van der Waals surface area contributed by atoms with Crippen molar-refractivity contribution in [3.63, 3.8) is 0 Å². The van der Waals surface area contributed by atoms with E-state index in [1.54, 1.807) is 0 Å². The largest absolute Gasteiger partial charge is 0.314 e. The molecular formula is C16H31N3. The molecule has 0 aromatic carbocycles. The van der Waals surface area contributed by atoms with E-state index < -0.39 is 5.54 Å². The summed E-state index contributed by atoms with van der Waals surface area (Å²) >= 11 is 0. The summed E-state index contributed by atoms with van der Waals surface area (Å²) in [5.41, 5.74) is 5.22. The molecule has 0 amide bonds. The summed E-state index contributed by atoms with van der Waals surface area (Å²) in [4.78, 5) is 2.68. The number of nitriles is 1. The van der Waals surface area contributed by atoms with Crippen LogP contribution in [-0.2, 0) is 0 Å². The van der Waals surface area contributed by atoms with Crippen molar-refractivity contribution in [3.8, 4) is 6.07 Å². The van der Waals surface area contributed by atoms with E-state index in [9.17, 15) is 0 Å². The van der Waals surface area contributed by atoms with E-state index in [-0.39, 0.29) is 0 Å². The third-order valence-corrected chi connectivity index (χ3v) is 4.09. The van der Waals surface area contributed by atoms with Gasteiger partial charge in [-0.15, -0.1) is 0 Å². The van der Waals surface area contributed by atoms with E-state index in [1.165, 1.54) is 38.8 Å². The van der Waals surface area contributed by atoms with Gasteiger partial charge >= 0.3 is 0 Å². The van der Waals surface area contributed by atoms with Crippen LogP contribution in [-0.4, -0.2) is 29.6 Å². The first-order valence-electron chi connectivity index (χ1n) is 7.89. The average Bonchev–Trinajstić information content (AvgIpc) is 2.86. The Morgan fingerprint density at radius 1 is 1.32 bits per heavy atom. The van der Waals surface area contributed by atoms with Crippen molar-refractivity contribution in [2.45, 2.75) is 77.3 Å². The lowest BCUT2D eigenvalue weighted by Gasteiger charge is -2.30. The maximum atomic E-state index is 8.91. The SMILES string of the molecule is CC(C)CN(CCCCC(C)(N)C#N)C1CCCC1. The first-order chi connectivity index (χ1) is 8.94. The highest BCUT2D eigenvalue weighted by molar-refractivity contribution is 5.00. The fourth-order valence-corrected chi connectivity index (χ4v) is 3.02. The van der Waals surface area contributed by atoms with Gasteiger partial charge in [0.2, 0.25) is 0 Å². The summed E-state index contributed by atoms with van der Waals surface area (Å²) in [5, 5.41) is 8.91. The lowest BCUT2D eigenvalue weighted by molar-refractivity contribution is 0.173. The van der Waals surface area contributed by atoms with Crippen molar-refractivity contribution in [1.82, 2.24) is 4.90 Å². The van der Waals surface area contributed by atoms with Crippen LogP contribution in [0.2, 0.25) is 0 Å². The molecule has 0 saturated heterocycles. The fourth-order valence-electron chi connectivity index (χ4n) is 3.02. The van der Waals surface area contributed by atoms with Gasteiger partial charge in [0.1, 0.15) is 5.54 Å². The Balaban J connectivity index is 2.30. The predicted octanol–water partition coefficient (Wildman–Crippen LogP) is 3.30. The molecule has 1 fully saturated rings. The molecule has 0 aliphatic heterocycles. The Bertz CT molecular complexity index is 285. The Morgan fingerprint density at radius 2 is 1.95 bits per heavy atom. The highest BCUT2D eigenvalue weighted by Crippen LogP contribution is 2.24. The zero-order chi connectivity index (χ0) is 14.3. The molecule has 19 heavy (non-hydrogen) atoms. The summed E-state index contributed by atoms with van der Waals surface area (Å²) < 4.78 is 0. The quantitative estimate of drug-likeness (QED) is 0.685. The zero-order valence-electron chi connectivity index (χ0n) is 13.0. The van der Waals surface area contributed by atoms with Gasteiger partial charge in [-0.1, -0.05) is 26.7 Å². The molecule has 3 nitrogen and oxygen atoms in total. The van der Waals surface area contributed by atoms with E-state index in [0.717, 1.165) is 31.2 Å². The fraction of sp³-hybridized carbons (Fsp3) is 0.938. The topological polar surface area (TPSA) is 53.0 Å². The predicted molar refractivity (Wildman–Crippen MR) is 80.7 cm³/mol. The van der Waals surface area contributed by atoms with Gasteiger partial charge in [-0.2, -0.15) is 5.26 Å².